The summed E-state index contributed by atoms with van der Waals surface area (Å²) >= 11 is 0. The molecular weight excluding hydrogens is 160 g/mol. The van der Waals surface area contributed by atoms with Gasteiger partial charge >= 0.3 is 5.95 Å². The van der Waals surface area contributed by atoms with Gasteiger partial charge in [0.05, 0.1) is 6.07 Å². The third kappa shape index (κ3) is 2.95. The third-order valence-electron chi connectivity index (χ3n) is 1.29. The molecule has 0 spiro atoms. The Balaban J connectivity index is 0.000000561. The van der Waals surface area contributed by atoms with Crippen molar-refractivity contribution in [1.82, 2.24) is 0 Å². The minimum absolute atomic E-state index is 0.520. The molecule has 1 aromatic rings. The average molecular weight is 174 g/mol. The van der Waals surface area contributed by atoms with E-state index in [-0.39, 0.29) is 0 Å². The zero-order valence-corrected chi connectivity index (χ0v) is 7.64. The van der Waals surface area contributed by atoms with Crippen LogP contribution in [0.3, 0.4) is 0 Å². The Morgan fingerprint density at radius 3 is 2.33 bits per heavy atom. The lowest BCUT2D eigenvalue weighted by atomic mass is 10.4. The number of rotatable bonds is 1. The van der Waals surface area contributed by atoms with Gasteiger partial charge in [-0.1, -0.05) is 13.8 Å². The fourth-order valence-electron chi connectivity index (χ4n) is 0.734. The molecule has 0 atom stereocenters. The molecule has 68 valence electrons. The SMILES string of the molecule is CC.CC[n+]1ccc(F)cc1F. The molecule has 0 bridgehead atoms. The molecule has 0 amide bonds. The van der Waals surface area contributed by atoms with Gasteiger partial charge in [-0.3, -0.25) is 0 Å². The molecule has 1 nitrogen and oxygen atoms in total. The molecule has 0 aliphatic carbocycles. The first kappa shape index (κ1) is 11.0. The molecule has 0 N–H and O–H groups in total. The number of nitrogens with zero attached hydrogens (tertiary/aromatic N) is 1. The van der Waals surface area contributed by atoms with E-state index >= 15 is 0 Å². The molecule has 0 saturated heterocycles. The molecule has 1 aromatic heterocycles. The predicted octanol–water partition coefficient (Wildman–Crippen LogP) is 2.30. The van der Waals surface area contributed by atoms with Crippen molar-refractivity contribution < 1.29 is 13.3 Å². The summed E-state index contributed by atoms with van der Waals surface area (Å²) in [6.45, 7) is 6.31. The Labute approximate surface area is 71.7 Å². The second-order valence-electron chi connectivity index (χ2n) is 1.95. The van der Waals surface area contributed by atoms with E-state index in [2.05, 4.69) is 0 Å². The summed E-state index contributed by atoms with van der Waals surface area (Å²) in [4.78, 5) is 0. The summed E-state index contributed by atoms with van der Waals surface area (Å²) in [5.74, 6) is -1.08. The predicted molar refractivity (Wildman–Crippen MR) is 43.6 cm³/mol. The van der Waals surface area contributed by atoms with Crippen LogP contribution in [-0.4, -0.2) is 0 Å². The third-order valence-corrected chi connectivity index (χ3v) is 1.29. The van der Waals surface area contributed by atoms with Crippen LogP contribution in [0.4, 0.5) is 8.78 Å². The largest absolute Gasteiger partial charge is 0.362 e. The van der Waals surface area contributed by atoms with E-state index in [9.17, 15) is 8.78 Å². The summed E-state index contributed by atoms with van der Waals surface area (Å²) in [6.07, 6.45) is 1.38. The first-order valence-corrected chi connectivity index (χ1v) is 4.08. The maximum atomic E-state index is 12.6. The zero-order chi connectivity index (χ0) is 9.56. The fraction of sp³-hybridized carbons (Fsp3) is 0.444. The zero-order valence-electron chi connectivity index (χ0n) is 7.64. The first-order chi connectivity index (χ1) is 5.74. The topological polar surface area (TPSA) is 3.88 Å². The highest BCUT2D eigenvalue weighted by atomic mass is 19.1. The molecule has 0 aromatic carbocycles. The normalized spacial score (nSPS) is 8.75. The summed E-state index contributed by atoms with van der Waals surface area (Å²) < 4.78 is 26.1. The van der Waals surface area contributed by atoms with E-state index in [0.717, 1.165) is 6.07 Å². The highest BCUT2D eigenvalue weighted by Crippen LogP contribution is 1.94. The van der Waals surface area contributed by atoms with Crippen LogP contribution >= 0.6 is 0 Å². The lowest BCUT2D eigenvalue weighted by Gasteiger charge is -1.91. The van der Waals surface area contributed by atoms with Crippen LogP contribution in [0.2, 0.25) is 0 Å². The maximum absolute atomic E-state index is 12.6. The van der Waals surface area contributed by atoms with Crippen LogP contribution in [0, 0.1) is 11.8 Å². The summed E-state index contributed by atoms with van der Waals surface area (Å²) in [5.41, 5.74) is 0. The van der Waals surface area contributed by atoms with Gasteiger partial charge in [0.2, 0.25) is 0 Å². The summed E-state index contributed by atoms with van der Waals surface area (Å²) in [6, 6.07) is 2.09. The molecule has 3 heteroatoms. The van der Waals surface area contributed by atoms with E-state index in [0.29, 0.717) is 6.54 Å². The molecule has 0 aliphatic heterocycles. The van der Waals surface area contributed by atoms with Gasteiger partial charge in [-0.25, -0.2) is 4.39 Å². The standard InChI is InChI=1S/C7H8F2N.C2H6/c1-2-10-4-3-6(8)5-7(10)9;1-2/h3-5H,2H2,1H3;1-2H3/q+1;. The van der Waals surface area contributed by atoms with Crippen LogP contribution in [0.25, 0.3) is 0 Å². The lowest BCUT2D eigenvalue weighted by Crippen LogP contribution is -2.36. The van der Waals surface area contributed by atoms with Crippen LogP contribution in [0.1, 0.15) is 20.8 Å². The van der Waals surface area contributed by atoms with Crippen molar-refractivity contribution in [2.45, 2.75) is 27.3 Å². The van der Waals surface area contributed by atoms with Gasteiger partial charge < -0.3 is 0 Å². The molecule has 1 heterocycles. The number of hydrogen-bond donors (Lipinski definition) is 0. The number of halogens is 2. The Bertz CT molecular complexity index is 236. The molecule has 0 aliphatic rings. The molecule has 12 heavy (non-hydrogen) atoms. The molecule has 0 fully saturated rings. The number of pyridine rings is 1. The number of aryl methyl sites for hydroxylation is 1. The van der Waals surface area contributed by atoms with E-state index in [1.165, 1.54) is 16.8 Å². The Kier molecular flexibility index (Phi) is 5.17. The van der Waals surface area contributed by atoms with E-state index in [4.69, 9.17) is 0 Å². The first-order valence-electron chi connectivity index (χ1n) is 4.08. The Morgan fingerprint density at radius 2 is 1.92 bits per heavy atom. The van der Waals surface area contributed by atoms with Crippen LogP contribution < -0.4 is 4.57 Å². The second-order valence-corrected chi connectivity index (χ2v) is 1.95. The number of hydrogen-bond acceptors (Lipinski definition) is 0. The van der Waals surface area contributed by atoms with Gasteiger partial charge in [-0.05, 0) is 6.92 Å². The van der Waals surface area contributed by atoms with Gasteiger partial charge in [-0.15, -0.1) is 4.39 Å². The van der Waals surface area contributed by atoms with Crippen LogP contribution in [0.15, 0.2) is 18.3 Å². The van der Waals surface area contributed by atoms with Crippen LogP contribution in [0.5, 0.6) is 0 Å². The van der Waals surface area contributed by atoms with Gasteiger partial charge in [0.25, 0.3) is 0 Å². The quantitative estimate of drug-likeness (QED) is 0.454. The molecule has 1 rings (SSSR count). The summed E-state index contributed by atoms with van der Waals surface area (Å²) in [5, 5.41) is 0. The van der Waals surface area contributed by atoms with Gasteiger partial charge in [0, 0.05) is 6.07 Å². The highest BCUT2D eigenvalue weighted by Gasteiger charge is 2.06. The Hall–Kier alpha value is -0.990. The van der Waals surface area contributed by atoms with Crippen molar-refractivity contribution in [3.63, 3.8) is 0 Å². The molecular formula is C9H14F2N+. The fourth-order valence-corrected chi connectivity index (χ4v) is 0.734. The van der Waals surface area contributed by atoms with Crippen molar-refractivity contribution in [2.24, 2.45) is 0 Å². The minimum Gasteiger partial charge on any atom is -0.206 e. The van der Waals surface area contributed by atoms with Crippen molar-refractivity contribution >= 4 is 0 Å². The lowest BCUT2D eigenvalue weighted by molar-refractivity contribution is -0.721. The van der Waals surface area contributed by atoms with Crippen molar-refractivity contribution in [3.05, 3.63) is 30.1 Å². The minimum atomic E-state index is -0.540. The summed E-state index contributed by atoms with van der Waals surface area (Å²) in [7, 11) is 0. The number of aromatic nitrogens is 1. The van der Waals surface area contributed by atoms with Crippen molar-refractivity contribution in [1.29, 1.82) is 0 Å². The van der Waals surface area contributed by atoms with Crippen molar-refractivity contribution in [3.8, 4) is 0 Å². The molecule has 0 unspecified atom stereocenters. The molecule has 0 saturated carbocycles. The van der Waals surface area contributed by atoms with Gasteiger partial charge in [0.15, 0.2) is 6.20 Å². The van der Waals surface area contributed by atoms with Gasteiger partial charge in [0.1, 0.15) is 12.4 Å². The Morgan fingerprint density at radius 1 is 1.33 bits per heavy atom. The molecule has 0 radical (unpaired) electrons. The second kappa shape index (κ2) is 5.63. The maximum Gasteiger partial charge on any atom is 0.362 e. The van der Waals surface area contributed by atoms with E-state index in [1.807, 2.05) is 13.8 Å². The average Bonchev–Trinajstić information content (AvgIpc) is 2.08. The van der Waals surface area contributed by atoms with Crippen molar-refractivity contribution in [2.75, 3.05) is 0 Å². The van der Waals surface area contributed by atoms with E-state index < -0.39 is 11.8 Å². The van der Waals surface area contributed by atoms with Crippen LogP contribution in [-0.2, 0) is 6.54 Å². The highest BCUT2D eigenvalue weighted by molar-refractivity contribution is 4.90. The monoisotopic (exact) mass is 174 g/mol. The van der Waals surface area contributed by atoms with E-state index in [1.54, 1.807) is 6.92 Å². The van der Waals surface area contributed by atoms with Gasteiger partial charge in [-0.2, -0.15) is 4.57 Å². The smallest absolute Gasteiger partial charge is 0.206 e.